The lowest BCUT2D eigenvalue weighted by Crippen LogP contribution is -2.72. The summed E-state index contributed by atoms with van der Waals surface area (Å²) in [5.74, 6) is 1.47. The molecule has 3 rings (SSSR count). The second kappa shape index (κ2) is 7.54. The van der Waals surface area contributed by atoms with E-state index >= 15 is 0 Å². The van der Waals surface area contributed by atoms with Gasteiger partial charge in [-0.1, -0.05) is 24.2 Å². The fourth-order valence-corrected chi connectivity index (χ4v) is 3.89. The first-order chi connectivity index (χ1) is 12.4. The maximum absolute atomic E-state index is 7.95. The summed E-state index contributed by atoms with van der Waals surface area (Å²) in [5.41, 5.74) is 2.83. The summed E-state index contributed by atoms with van der Waals surface area (Å²) in [6.07, 6.45) is 5.40. The molecule has 5 nitrogen and oxygen atoms in total. The summed E-state index contributed by atoms with van der Waals surface area (Å²) < 4.78 is 0. The van der Waals surface area contributed by atoms with Crippen molar-refractivity contribution in [1.29, 1.82) is 10.8 Å². The van der Waals surface area contributed by atoms with Crippen LogP contribution in [0.5, 0.6) is 0 Å². The Labute approximate surface area is 160 Å². The maximum atomic E-state index is 7.95. The predicted molar refractivity (Wildman–Crippen MR) is 108 cm³/mol. The third-order valence-electron chi connectivity index (χ3n) is 5.21. The SMILES string of the molecule is C=C(NCCc1cc(Cl)ccc1C)N1CC2(C1)CN(C(=N)/C=C\C=N)C2. The molecule has 0 bridgehead atoms. The molecule has 0 aromatic heterocycles. The van der Waals surface area contributed by atoms with Crippen LogP contribution in [0.2, 0.25) is 5.02 Å². The molecule has 2 fully saturated rings. The highest BCUT2D eigenvalue weighted by Gasteiger charge is 2.52. The van der Waals surface area contributed by atoms with Gasteiger partial charge in [0.15, 0.2) is 0 Å². The fourth-order valence-electron chi connectivity index (χ4n) is 3.70. The number of rotatable bonds is 7. The van der Waals surface area contributed by atoms with Gasteiger partial charge in [0.05, 0.1) is 5.82 Å². The molecule has 3 N–H and O–H groups in total. The molecule has 0 saturated carbocycles. The minimum atomic E-state index is 0.305. The molecule has 2 aliphatic rings. The number of hydrogen-bond acceptors (Lipinski definition) is 4. The first-order valence-electron chi connectivity index (χ1n) is 8.86. The monoisotopic (exact) mass is 371 g/mol. The molecule has 2 aliphatic heterocycles. The van der Waals surface area contributed by atoms with Gasteiger partial charge in [0.2, 0.25) is 0 Å². The van der Waals surface area contributed by atoms with Crippen molar-refractivity contribution in [3.05, 3.63) is 58.9 Å². The third kappa shape index (κ3) is 3.93. The second-order valence-corrected chi connectivity index (χ2v) is 7.75. The zero-order valence-electron chi connectivity index (χ0n) is 15.2. The van der Waals surface area contributed by atoms with Gasteiger partial charge in [-0.2, -0.15) is 0 Å². The summed E-state index contributed by atoms with van der Waals surface area (Å²) in [4.78, 5) is 4.33. The molecular formula is C20H26ClN5. The van der Waals surface area contributed by atoms with Crippen molar-refractivity contribution in [3.63, 3.8) is 0 Å². The fraction of sp³-hybridized carbons (Fsp3) is 0.400. The lowest BCUT2D eigenvalue weighted by Gasteiger charge is -2.61. The van der Waals surface area contributed by atoms with Crippen LogP contribution in [0, 0.1) is 23.2 Å². The van der Waals surface area contributed by atoms with Gasteiger partial charge in [-0.15, -0.1) is 0 Å². The van der Waals surface area contributed by atoms with Gasteiger partial charge in [-0.3, -0.25) is 5.41 Å². The molecule has 0 aliphatic carbocycles. The van der Waals surface area contributed by atoms with Crippen molar-refractivity contribution in [2.24, 2.45) is 5.41 Å². The molecule has 1 spiro atoms. The normalized spacial score (nSPS) is 17.8. The van der Waals surface area contributed by atoms with Gasteiger partial charge >= 0.3 is 0 Å². The highest BCUT2D eigenvalue weighted by Crippen LogP contribution is 2.40. The standard InChI is InChI=1S/C20H26ClN5/c1-15-5-6-18(21)10-17(15)7-9-24-16(2)25-11-20(12-25)13-26(14-20)19(23)4-3-8-22/h3-6,8,10,22-24H,2,7,9,11-14H2,1H3/b4-3-,22-8?,23-19?. The van der Waals surface area contributed by atoms with Gasteiger partial charge in [-0.05, 0) is 48.8 Å². The van der Waals surface area contributed by atoms with Crippen molar-refractivity contribution < 1.29 is 0 Å². The number of halogens is 1. The largest absolute Gasteiger partial charge is 0.372 e. The van der Waals surface area contributed by atoms with E-state index in [0.29, 0.717) is 11.3 Å². The highest BCUT2D eigenvalue weighted by atomic mass is 35.5. The molecule has 1 aromatic carbocycles. The molecule has 0 radical (unpaired) electrons. The molecule has 138 valence electrons. The van der Waals surface area contributed by atoms with E-state index in [4.69, 9.17) is 22.4 Å². The second-order valence-electron chi connectivity index (χ2n) is 7.32. The molecule has 0 unspecified atom stereocenters. The molecule has 2 heterocycles. The topological polar surface area (TPSA) is 66.2 Å². The maximum Gasteiger partial charge on any atom is 0.120 e. The van der Waals surface area contributed by atoms with Crippen LogP contribution < -0.4 is 5.32 Å². The molecule has 0 atom stereocenters. The molecular weight excluding hydrogens is 346 g/mol. The van der Waals surface area contributed by atoms with E-state index in [2.05, 4.69) is 34.7 Å². The quantitative estimate of drug-likeness (QED) is 0.509. The van der Waals surface area contributed by atoms with Crippen molar-refractivity contribution >= 4 is 23.7 Å². The minimum absolute atomic E-state index is 0.305. The Kier molecular flexibility index (Phi) is 5.37. The van der Waals surface area contributed by atoms with Gasteiger partial charge in [0.1, 0.15) is 5.84 Å². The Morgan fingerprint density at radius 3 is 2.69 bits per heavy atom. The summed E-state index contributed by atoms with van der Waals surface area (Å²) in [6, 6.07) is 6.02. The number of nitrogens with one attached hydrogen (secondary N) is 3. The van der Waals surface area contributed by atoms with Crippen LogP contribution in [-0.4, -0.2) is 54.6 Å². The van der Waals surface area contributed by atoms with Gasteiger partial charge in [0.25, 0.3) is 0 Å². The number of nitrogens with zero attached hydrogens (tertiary/aromatic N) is 2. The number of benzene rings is 1. The van der Waals surface area contributed by atoms with Crippen LogP contribution in [0.15, 0.2) is 42.8 Å². The van der Waals surface area contributed by atoms with Crippen molar-refractivity contribution in [2.75, 3.05) is 32.7 Å². The first kappa shape index (κ1) is 18.5. The van der Waals surface area contributed by atoms with Crippen LogP contribution in [0.4, 0.5) is 0 Å². The van der Waals surface area contributed by atoms with E-state index in [-0.39, 0.29) is 0 Å². The van der Waals surface area contributed by atoms with Crippen LogP contribution in [0.25, 0.3) is 0 Å². The van der Waals surface area contributed by atoms with E-state index in [9.17, 15) is 0 Å². The average molecular weight is 372 g/mol. The zero-order valence-corrected chi connectivity index (χ0v) is 15.9. The Hall–Kier alpha value is -2.27. The Morgan fingerprint density at radius 1 is 1.31 bits per heavy atom. The molecule has 0 amide bonds. The van der Waals surface area contributed by atoms with E-state index < -0.39 is 0 Å². The van der Waals surface area contributed by atoms with Crippen molar-refractivity contribution in [2.45, 2.75) is 13.3 Å². The number of aryl methyl sites for hydroxylation is 1. The molecule has 6 heteroatoms. The van der Waals surface area contributed by atoms with Gasteiger partial charge in [-0.25, -0.2) is 0 Å². The molecule has 1 aromatic rings. The minimum Gasteiger partial charge on any atom is -0.372 e. The van der Waals surface area contributed by atoms with E-state index in [0.717, 1.165) is 50.0 Å². The summed E-state index contributed by atoms with van der Waals surface area (Å²) in [5, 5.41) is 19.1. The van der Waals surface area contributed by atoms with Crippen LogP contribution in [0.3, 0.4) is 0 Å². The number of amidine groups is 1. The summed E-state index contributed by atoms with van der Waals surface area (Å²) >= 11 is 6.08. The lowest BCUT2D eigenvalue weighted by molar-refractivity contribution is -0.0720. The summed E-state index contributed by atoms with van der Waals surface area (Å²) in [7, 11) is 0. The van der Waals surface area contributed by atoms with Crippen LogP contribution in [0.1, 0.15) is 11.1 Å². The number of likely N-dealkylation sites (tertiary alicyclic amines) is 2. The van der Waals surface area contributed by atoms with Crippen LogP contribution in [-0.2, 0) is 6.42 Å². The van der Waals surface area contributed by atoms with Gasteiger partial charge in [0, 0.05) is 49.4 Å². The number of allylic oxidation sites excluding steroid dienone is 1. The van der Waals surface area contributed by atoms with E-state index in [1.165, 1.54) is 17.3 Å². The zero-order chi connectivity index (χ0) is 18.7. The van der Waals surface area contributed by atoms with E-state index in [1.54, 1.807) is 12.2 Å². The average Bonchev–Trinajstić information content (AvgIpc) is 2.53. The Balaban J connectivity index is 1.38. The van der Waals surface area contributed by atoms with Gasteiger partial charge < -0.3 is 20.5 Å². The lowest BCUT2D eigenvalue weighted by atomic mass is 9.72. The Bertz CT molecular complexity index is 741. The highest BCUT2D eigenvalue weighted by molar-refractivity contribution is 6.30. The van der Waals surface area contributed by atoms with E-state index in [1.807, 2.05) is 12.1 Å². The third-order valence-corrected chi connectivity index (χ3v) is 5.45. The first-order valence-corrected chi connectivity index (χ1v) is 9.24. The summed E-state index contributed by atoms with van der Waals surface area (Å²) in [6.45, 7) is 10.9. The van der Waals surface area contributed by atoms with Crippen molar-refractivity contribution in [3.8, 4) is 0 Å². The predicted octanol–water partition coefficient (Wildman–Crippen LogP) is 3.05. The molecule has 2 saturated heterocycles. The smallest absolute Gasteiger partial charge is 0.120 e. The molecule has 26 heavy (non-hydrogen) atoms. The number of hydrogen-bond donors (Lipinski definition) is 3. The van der Waals surface area contributed by atoms with Crippen molar-refractivity contribution in [1.82, 2.24) is 15.1 Å². The Morgan fingerprint density at radius 2 is 2.00 bits per heavy atom. The van der Waals surface area contributed by atoms with Crippen LogP contribution >= 0.6 is 11.6 Å².